The van der Waals surface area contributed by atoms with E-state index in [0.29, 0.717) is 0 Å². The van der Waals surface area contributed by atoms with Crippen molar-refractivity contribution in [2.45, 2.75) is 6.92 Å². The van der Waals surface area contributed by atoms with E-state index in [1.54, 1.807) is 0 Å². The van der Waals surface area contributed by atoms with Gasteiger partial charge in [0.2, 0.25) is 0 Å². The van der Waals surface area contributed by atoms with Gasteiger partial charge in [-0.05, 0) is 88.9 Å². The minimum atomic E-state index is 0.989. The number of allylic oxidation sites excluding steroid dienone is 5. The largest absolute Gasteiger partial charge is 0.309 e. The van der Waals surface area contributed by atoms with Gasteiger partial charge >= 0.3 is 0 Å². The molecular formula is C49H36N2. The Bertz CT molecular complexity index is 2810. The lowest BCUT2D eigenvalue weighted by Crippen LogP contribution is -1.96. The molecule has 0 aliphatic carbocycles. The van der Waals surface area contributed by atoms with Crippen LogP contribution in [-0.2, 0) is 0 Å². The Labute approximate surface area is 298 Å². The minimum absolute atomic E-state index is 0.989. The van der Waals surface area contributed by atoms with Crippen molar-refractivity contribution in [2.24, 2.45) is 0 Å². The first-order valence-electron chi connectivity index (χ1n) is 17.5. The first-order chi connectivity index (χ1) is 25.2. The zero-order chi connectivity index (χ0) is 34.3. The summed E-state index contributed by atoms with van der Waals surface area (Å²) in [6.45, 7) is 6.41. The maximum atomic E-state index is 4.32. The molecule has 242 valence electrons. The molecule has 0 bridgehead atoms. The van der Waals surface area contributed by atoms with Crippen molar-refractivity contribution in [1.82, 2.24) is 9.13 Å². The second-order valence-corrected chi connectivity index (χ2v) is 13.0. The van der Waals surface area contributed by atoms with Crippen LogP contribution in [0, 0.1) is 0 Å². The van der Waals surface area contributed by atoms with Crippen LogP contribution in [0.4, 0.5) is 0 Å². The zero-order valence-electron chi connectivity index (χ0n) is 28.5. The lowest BCUT2D eigenvalue weighted by molar-refractivity contribution is 1.17. The van der Waals surface area contributed by atoms with Crippen LogP contribution in [0.3, 0.4) is 0 Å². The highest BCUT2D eigenvalue weighted by atomic mass is 15.0. The summed E-state index contributed by atoms with van der Waals surface area (Å²) in [5, 5.41) is 4.95. The van der Waals surface area contributed by atoms with Crippen LogP contribution in [0.1, 0.15) is 18.1 Å². The molecule has 2 nitrogen and oxygen atoms in total. The normalized spacial score (nSPS) is 12.1. The monoisotopic (exact) mass is 652 g/mol. The first-order valence-corrected chi connectivity index (χ1v) is 17.5. The van der Waals surface area contributed by atoms with E-state index in [0.717, 1.165) is 33.6 Å². The van der Waals surface area contributed by atoms with Crippen molar-refractivity contribution in [2.75, 3.05) is 0 Å². The van der Waals surface area contributed by atoms with Gasteiger partial charge in [-0.1, -0.05) is 146 Å². The van der Waals surface area contributed by atoms with E-state index in [2.05, 4.69) is 205 Å². The molecule has 0 fully saturated rings. The molecule has 0 atom stereocenters. The molecule has 9 aromatic rings. The molecule has 0 amide bonds. The molecule has 0 saturated heterocycles. The lowest BCUT2D eigenvalue weighted by atomic mass is 10.0. The predicted molar refractivity (Wildman–Crippen MR) is 219 cm³/mol. The summed E-state index contributed by atoms with van der Waals surface area (Å²) in [7, 11) is 0. The number of nitrogens with zero attached hydrogens (tertiary/aromatic N) is 2. The zero-order valence-corrected chi connectivity index (χ0v) is 28.5. The summed E-state index contributed by atoms with van der Waals surface area (Å²) in [5.41, 5.74) is 13.9. The number of hydrogen-bond acceptors (Lipinski definition) is 0. The number of para-hydroxylation sites is 2. The lowest BCUT2D eigenvalue weighted by Gasteiger charge is -2.12. The fourth-order valence-corrected chi connectivity index (χ4v) is 7.56. The smallest absolute Gasteiger partial charge is 0.0548 e. The van der Waals surface area contributed by atoms with E-state index in [4.69, 9.17) is 0 Å². The fraction of sp³-hybridized carbons (Fsp3) is 0.0204. The SMILES string of the molecule is C=C(/C=C\C(=C/C)c1cccc(-n2c3ccccc3c3cc4c(cc32)c2ccccc2n4-c2cccc(-c3ccccc3)c2)c1)c1ccccc1. The highest BCUT2D eigenvalue weighted by Crippen LogP contribution is 2.40. The van der Waals surface area contributed by atoms with Crippen LogP contribution in [0.15, 0.2) is 195 Å². The molecule has 0 radical (unpaired) electrons. The molecule has 51 heavy (non-hydrogen) atoms. The van der Waals surface area contributed by atoms with Crippen molar-refractivity contribution < 1.29 is 0 Å². The summed E-state index contributed by atoms with van der Waals surface area (Å²) in [6.07, 6.45) is 6.45. The molecule has 2 heteroatoms. The Morgan fingerprint density at radius 3 is 1.57 bits per heavy atom. The molecule has 0 unspecified atom stereocenters. The quantitative estimate of drug-likeness (QED) is 0.152. The Morgan fingerprint density at radius 2 is 0.941 bits per heavy atom. The molecule has 0 aliphatic rings. The van der Waals surface area contributed by atoms with Crippen LogP contribution in [-0.4, -0.2) is 9.13 Å². The third kappa shape index (κ3) is 5.29. The van der Waals surface area contributed by atoms with Crippen molar-refractivity contribution in [3.05, 3.63) is 206 Å². The highest BCUT2D eigenvalue weighted by Gasteiger charge is 2.19. The van der Waals surface area contributed by atoms with E-state index in [1.165, 1.54) is 54.7 Å². The van der Waals surface area contributed by atoms with Gasteiger partial charge in [0.25, 0.3) is 0 Å². The standard InChI is InChI=1S/C49H36N2/c1-3-35(29-28-34(2)36-16-6-4-7-17-36)38-20-14-22-40(30-38)50-46-26-12-10-24-42(46)44-33-49-45(32-48(44)50)43-25-11-13-27-47(43)51(49)41-23-15-21-39(31-41)37-18-8-5-9-19-37/h3-33H,2H2,1H3/b29-28-,35-3+. The van der Waals surface area contributed by atoms with E-state index in [-0.39, 0.29) is 0 Å². The molecule has 2 heterocycles. The second-order valence-electron chi connectivity index (χ2n) is 13.0. The van der Waals surface area contributed by atoms with Crippen molar-refractivity contribution in [1.29, 1.82) is 0 Å². The van der Waals surface area contributed by atoms with Gasteiger partial charge < -0.3 is 9.13 Å². The molecule has 0 aliphatic heterocycles. The average molecular weight is 653 g/mol. The number of fused-ring (bicyclic) bond motifs is 6. The van der Waals surface area contributed by atoms with Gasteiger partial charge in [-0.25, -0.2) is 0 Å². The van der Waals surface area contributed by atoms with E-state index in [1.807, 2.05) is 6.07 Å². The summed E-state index contributed by atoms with van der Waals surface area (Å²) >= 11 is 0. The first kappa shape index (κ1) is 30.4. The fourth-order valence-electron chi connectivity index (χ4n) is 7.56. The molecule has 7 aromatic carbocycles. The Hall–Kier alpha value is -6.64. The van der Waals surface area contributed by atoms with Crippen LogP contribution in [0.5, 0.6) is 0 Å². The Kier molecular flexibility index (Phi) is 7.56. The molecule has 0 saturated carbocycles. The van der Waals surface area contributed by atoms with Crippen LogP contribution in [0.2, 0.25) is 0 Å². The third-order valence-corrected chi connectivity index (χ3v) is 10.0. The van der Waals surface area contributed by atoms with E-state index in [9.17, 15) is 0 Å². The van der Waals surface area contributed by atoms with E-state index < -0.39 is 0 Å². The van der Waals surface area contributed by atoms with Crippen molar-refractivity contribution >= 4 is 54.8 Å². The van der Waals surface area contributed by atoms with Crippen LogP contribution in [0.25, 0.3) is 77.3 Å². The van der Waals surface area contributed by atoms with Gasteiger partial charge in [-0.15, -0.1) is 0 Å². The average Bonchev–Trinajstić information content (AvgIpc) is 3.70. The maximum Gasteiger partial charge on any atom is 0.0548 e. The van der Waals surface area contributed by atoms with Gasteiger partial charge in [0, 0.05) is 32.9 Å². The van der Waals surface area contributed by atoms with Gasteiger partial charge in [0.1, 0.15) is 0 Å². The highest BCUT2D eigenvalue weighted by molar-refractivity contribution is 6.19. The van der Waals surface area contributed by atoms with Gasteiger partial charge in [0.15, 0.2) is 0 Å². The van der Waals surface area contributed by atoms with Gasteiger partial charge in [-0.3, -0.25) is 0 Å². The topological polar surface area (TPSA) is 9.86 Å². The Morgan fingerprint density at radius 1 is 0.431 bits per heavy atom. The molecule has 0 spiro atoms. The molecule has 2 aromatic heterocycles. The van der Waals surface area contributed by atoms with E-state index >= 15 is 0 Å². The van der Waals surface area contributed by atoms with Crippen LogP contribution < -0.4 is 0 Å². The molecule has 0 N–H and O–H groups in total. The third-order valence-electron chi connectivity index (χ3n) is 10.0. The number of aromatic nitrogens is 2. The predicted octanol–water partition coefficient (Wildman–Crippen LogP) is 13.2. The van der Waals surface area contributed by atoms with Crippen LogP contribution >= 0.6 is 0 Å². The summed E-state index contributed by atoms with van der Waals surface area (Å²) in [4.78, 5) is 0. The minimum Gasteiger partial charge on any atom is -0.309 e. The van der Waals surface area contributed by atoms with Crippen molar-refractivity contribution in [3.63, 3.8) is 0 Å². The van der Waals surface area contributed by atoms with Gasteiger partial charge in [0.05, 0.1) is 22.1 Å². The summed E-state index contributed by atoms with van der Waals surface area (Å²) < 4.78 is 4.85. The van der Waals surface area contributed by atoms with Gasteiger partial charge in [-0.2, -0.15) is 0 Å². The van der Waals surface area contributed by atoms with Crippen molar-refractivity contribution in [3.8, 4) is 22.5 Å². The number of hydrogen-bond donors (Lipinski definition) is 0. The maximum absolute atomic E-state index is 4.32. The number of rotatable bonds is 7. The second kappa shape index (κ2) is 12.7. The summed E-state index contributed by atoms with van der Waals surface area (Å²) in [5.74, 6) is 0. The summed E-state index contributed by atoms with van der Waals surface area (Å²) in [6, 6.07) is 61.1. The molecular weight excluding hydrogens is 617 g/mol. The Balaban J connectivity index is 1.22. The molecule has 9 rings (SSSR count). The number of benzene rings is 7.